The predicted molar refractivity (Wildman–Crippen MR) is 251 cm³/mol. The summed E-state index contributed by atoms with van der Waals surface area (Å²) in [6.45, 7) is 9.45. The molecule has 2 aromatic heterocycles. The van der Waals surface area contributed by atoms with Crippen LogP contribution in [0.3, 0.4) is 0 Å². The number of fused-ring (bicyclic) bond motifs is 10. The molecule has 0 N–H and O–H groups in total. The third-order valence-corrected chi connectivity index (χ3v) is 13.7. The first-order chi connectivity index (χ1) is 29.2. The van der Waals surface area contributed by atoms with E-state index in [9.17, 15) is 0 Å². The van der Waals surface area contributed by atoms with E-state index in [-0.39, 0.29) is 10.8 Å². The maximum absolute atomic E-state index is 5.56. The number of hydrogen-bond donors (Lipinski definition) is 0. The molecule has 0 unspecified atom stereocenters. The molecule has 284 valence electrons. The number of nitrogens with zero attached hydrogens (tertiary/aromatic N) is 2. The molecule has 0 atom stereocenters. The highest BCUT2D eigenvalue weighted by molar-refractivity contribution is 6.16. The molecule has 8 aromatic carbocycles. The fraction of sp³-hybridized carbons (Fsp3) is 0.103. The first kappa shape index (κ1) is 34.8. The van der Waals surface area contributed by atoms with Crippen molar-refractivity contribution >= 4 is 32.6 Å². The summed E-state index contributed by atoms with van der Waals surface area (Å²) in [4.78, 5) is 10.6. The van der Waals surface area contributed by atoms with Crippen LogP contribution in [0.1, 0.15) is 49.9 Å². The molecule has 0 bridgehead atoms. The van der Waals surface area contributed by atoms with Crippen LogP contribution in [0, 0.1) is 0 Å². The lowest BCUT2D eigenvalue weighted by atomic mass is 9.81. The van der Waals surface area contributed by atoms with Crippen LogP contribution in [0.15, 0.2) is 182 Å². The van der Waals surface area contributed by atoms with Gasteiger partial charge in [-0.1, -0.05) is 173 Å². The third-order valence-electron chi connectivity index (χ3n) is 13.7. The largest absolute Gasteiger partial charge is 0.248 e. The van der Waals surface area contributed by atoms with Gasteiger partial charge in [-0.05, 0) is 109 Å². The first-order valence-corrected chi connectivity index (χ1v) is 21.1. The van der Waals surface area contributed by atoms with Crippen LogP contribution in [0.2, 0.25) is 0 Å². The van der Waals surface area contributed by atoms with Crippen molar-refractivity contribution in [1.82, 2.24) is 9.97 Å². The molecule has 0 saturated carbocycles. The molecule has 0 saturated heterocycles. The van der Waals surface area contributed by atoms with E-state index in [1.165, 1.54) is 72.1 Å². The fourth-order valence-corrected chi connectivity index (χ4v) is 10.5. The Hall–Kier alpha value is -7.16. The van der Waals surface area contributed by atoms with Gasteiger partial charge < -0.3 is 0 Å². The van der Waals surface area contributed by atoms with Crippen molar-refractivity contribution < 1.29 is 0 Å². The lowest BCUT2D eigenvalue weighted by Crippen LogP contribution is -2.15. The van der Waals surface area contributed by atoms with E-state index in [1.807, 2.05) is 6.07 Å². The smallest absolute Gasteiger partial charge is 0.0794 e. The second kappa shape index (κ2) is 12.7. The van der Waals surface area contributed by atoms with Gasteiger partial charge in [0, 0.05) is 38.1 Å². The van der Waals surface area contributed by atoms with Crippen molar-refractivity contribution in [3.8, 4) is 67.0 Å². The molecule has 0 radical (unpaired) electrons. The average molecular weight is 767 g/mol. The zero-order chi connectivity index (χ0) is 40.3. The SMILES string of the molecule is CC1(C)c2ccccc2-c2ccc(-c3cc4c(-c5ccc6c(c5)C(C)(C)c5ccccc5-6)cc(-c5ccc(-c6ccc7ccccc7n6)cc5)nc4c4ccccc34)cc21. The van der Waals surface area contributed by atoms with Crippen LogP contribution >= 0.6 is 0 Å². The minimum absolute atomic E-state index is 0.0923. The van der Waals surface area contributed by atoms with Gasteiger partial charge >= 0.3 is 0 Å². The second-order valence-electron chi connectivity index (χ2n) is 17.7. The molecule has 0 amide bonds. The van der Waals surface area contributed by atoms with Crippen molar-refractivity contribution in [2.75, 3.05) is 0 Å². The summed E-state index contributed by atoms with van der Waals surface area (Å²) in [5.74, 6) is 0. The van der Waals surface area contributed by atoms with E-state index >= 15 is 0 Å². The van der Waals surface area contributed by atoms with E-state index in [2.05, 4.69) is 204 Å². The van der Waals surface area contributed by atoms with Crippen LogP contribution in [-0.4, -0.2) is 9.97 Å². The first-order valence-electron chi connectivity index (χ1n) is 21.1. The average Bonchev–Trinajstić information content (AvgIpc) is 3.67. The number of benzene rings is 8. The van der Waals surface area contributed by atoms with Gasteiger partial charge in [-0.25, -0.2) is 9.97 Å². The number of para-hydroxylation sites is 1. The van der Waals surface area contributed by atoms with Gasteiger partial charge in [-0.2, -0.15) is 0 Å². The van der Waals surface area contributed by atoms with E-state index in [0.717, 1.165) is 49.7 Å². The summed E-state index contributed by atoms with van der Waals surface area (Å²) in [7, 11) is 0. The second-order valence-corrected chi connectivity index (χ2v) is 17.7. The Morgan fingerprint density at radius 3 is 1.47 bits per heavy atom. The Morgan fingerprint density at radius 2 is 0.817 bits per heavy atom. The van der Waals surface area contributed by atoms with E-state index < -0.39 is 0 Å². The zero-order valence-corrected chi connectivity index (χ0v) is 34.2. The van der Waals surface area contributed by atoms with E-state index in [4.69, 9.17) is 9.97 Å². The molecule has 10 aromatic rings. The van der Waals surface area contributed by atoms with Crippen LogP contribution in [0.25, 0.3) is 99.6 Å². The number of rotatable bonds is 4. The summed E-state index contributed by atoms with van der Waals surface area (Å²) in [6.07, 6.45) is 0. The fourth-order valence-electron chi connectivity index (χ4n) is 10.5. The van der Waals surface area contributed by atoms with Gasteiger partial charge in [0.1, 0.15) is 0 Å². The standard InChI is InChI=1S/C58H42N2/c1-57(2)49-18-10-8-15-41(49)43-28-25-38(31-51(43)57)46-33-48-47(39-26-29-44-42-16-9-11-19-50(42)58(3,4)52(44)32-39)34-55(60-56(48)45-17-7-6-14-40(45)46)37-23-21-36(22-24-37)54-30-27-35-13-5-12-20-53(35)59-54/h5-34H,1-4H3. The van der Waals surface area contributed by atoms with Crippen molar-refractivity contribution in [3.05, 3.63) is 204 Å². The van der Waals surface area contributed by atoms with Crippen LogP contribution in [-0.2, 0) is 10.8 Å². The normalized spacial score (nSPS) is 14.3. The maximum atomic E-state index is 5.56. The summed E-state index contributed by atoms with van der Waals surface area (Å²) >= 11 is 0. The Kier molecular flexibility index (Phi) is 7.36. The molecule has 0 aliphatic heterocycles. The molecule has 2 heteroatoms. The van der Waals surface area contributed by atoms with Crippen LogP contribution in [0.5, 0.6) is 0 Å². The predicted octanol–water partition coefficient (Wildman–Crippen LogP) is 15.2. The Labute approximate surface area is 350 Å². The highest BCUT2D eigenvalue weighted by Crippen LogP contribution is 2.52. The topological polar surface area (TPSA) is 25.8 Å². The molecular formula is C58H42N2. The minimum Gasteiger partial charge on any atom is -0.248 e. The zero-order valence-electron chi connectivity index (χ0n) is 34.2. The van der Waals surface area contributed by atoms with Gasteiger partial charge in [0.25, 0.3) is 0 Å². The van der Waals surface area contributed by atoms with Gasteiger partial charge in [0.2, 0.25) is 0 Å². The Balaban J connectivity index is 1.07. The number of pyridine rings is 2. The third kappa shape index (κ3) is 5.07. The number of hydrogen-bond acceptors (Lipinski definition) is 2. The molecule has 0 spiro atoms. The summed E-state index contributed by atoms with van der Waals surface area (Å²) in [6, 6.07) is 66.9. The van der Waals surface area contributed by atoms with Crippen LogP contribution < -0.4 is 0 Å². The van der Waals surface area contributed by atoms with Crippen molar-refractivity contribution in [2.24, 2.45) is 0 Å². The molecule has 2 nitrogen and oxygen atoms in total. The molecular weight excluding hydrogens is 725 g/mol. The summed E-state index contributed by atoms with van der Waals surface area (Å²) in [5.41, 5.74) is 21.6. The molecule has 2 heterocycles. The van der Waals surface area contributed by atoms with E-state index in [0.29, 0.717) is 0 Å². The molecule has 12 rings (SSSR count). The summed E-state index contributed by atoms with van der Waals surface area (Å²) in [5, 5.41) is 4.66. The van der Waals surface area contributed by atoms with Gasteiger partial charge in [-0.15, -0.1) is 0 Å². The quantitative estimate of drug-likeness (QED) is 0.167. The maximum Gasteiger partial charge on any atom is 0.0794 e. The van der Waals surface area contributed by atoms with Gasteiger partial charge in [0.05, 0.1) is 22.4 Å². The van der Waals surface area contributed by atoms with Crippen molar-refractivity contribution in [3.63, 3.8) is 0 Å². The number of aromatic nitrogens is 2. The molecule has 60 heavy (non-hydrogen) atoms. The Bertz CT molecular complexity index is 3420. The monoisotopic (exact) mass is 766 g/mol. The van der Waals surface area contributed by atoms with Crippen molar-refractivity contribution in [1.29, 1.82) is 0 Å². The van der Waals surface area contributed by atoms with Crippen LogP contribution in [0.4, 0.5) is 0 Å². The lowest BCUT2D eigenvalue weighted by molar-refractivity contribution is 0.660. The van der Waals surface area contributed by atoms with Crippen molar-refractivity contribution in [2.45, 2.75) is 38.5 Å². The molecule has 2 aliphatic carbocycles. The highest BCUT2D eigenvalue weighted by Gasteiger charge is 2.37. The molecule has 0 fully saturated rings. The molecule has 2 aliphatic rings. The highest BCUT2D eigenvalue weighted by atomic mass is 14.7. The van der Waals surface area contributed by atoms with Gasteiger partial charge in [-0.3, -0.25) is 0 Å². The lowest BCUT2D eigenvalue weighted by Gasteiger charge is -2.23. The Morgan fingerprint density at radius 1 is 0.317 bits per heavy atom. The minimum atomic E-state index is -0.118. The van der Waals surface area contributed by atoms with E-state index in [1.54, 1.807) is 0 Å². The summed E-state index contributed by atoms with van der Waals surface area (Å²) < 4.78 is 0. The van der Waals surface area contributed by atoms with Gasteiger partial charge in [0.15, 0.2) is 0 Å².